The number of imide groups is 1. The molecule has 20 heavy (non-hydrogen) atoms. The highest BCUT2D eigenvalue weighted by Gasteiger charge is 2.39. The van der Waals surface area contributed by atoms with Crippen molar-refractivity contribution >= 4 is 41.0 Å². The van der Waals surface area contributed by atoms with E-state index < -0.39 is 23.8 Å². The third kappa shape index (κ3) is 2.78. The van der Waals surface area contributed by atoms with Crippen LogP contribution in [0.2, 0.25) is 10.0 Å². The molecule has 1 aliphatic heterocycles. The maximum absolute atomic E-state index is 11.7. The Bertz CT molecular complexity index is 572. The number of likely N-dealkylation sites (tertiary alicyclic amines) is 1. The Morgan fingerprint density at radius 2 is 1.85 bits per heavy atom. The van der Waals surface area contributed by atoms with Gasteiger partial charge in [-0.25, -0.2) is 4.79 Å². The molecule has 0 bridgehead atoms. The van der Waals surface area contributed by atoms with Gasteiger partial charge in [0.15, 0.2) is 0 Å². The molecule has 0 aromatic heterocycles. The highest BCUT2D eigenvalue weighted by Crippen LogP contribution is 2.28. The zero-order chi connectivity index (χ0) is 14.9. The van der Waals surface area contributed by atoms with E-state index in [1.54, 1.807) is 18.2 Å². The van der Waals surface area contributed by atoms with E-state index >= 15 is 0 Å². The fraction of sp³-hybridized carbons (Fsp3) is 0.308. The fourth-order valence-corrected chi connectivity index (χ4v) is 2.54. The van der Waals surface area contributed by atoms with Crippen LogP contribution in [0.15, 0.2) is 18.2 Å². The largest absolute Gasteiger partial charge is 0.480 e. The quantitative estimate of drug-likeness (QED) is 0.864. The van der Waals surface area contributed by atoms with Crippen molar-refractivity contribution in [2.45, 2.75) is 25.3 Å². The second-order valence-electron chi connectivity index (χ2n) is 4.43. The molecule has 0 spiro atoms. The fourth-order valence-electron chi connectivity index (χ4n) is 2.14. The summed E-state index contributed by atoms with van der Waals surface area (Å²) in [6.07, 6.45) is 0.0317. The first-order chi connectivity index (χ1) is 9.41. The number of hydrogen-bond donors (Lipinski definition) is 1. The summed E-state index contributed by atoms with van der Waals surface area (Å²) >= 11 is 11.9. The lowest BCUT2D eigenvalue weighted by atomic mass is 10.0. The number of hydrogen-bond acceptors (Lipinski definition) is 3. The molecule has 0 saturated carbocycles. The summed E-state index contributed by atoms with van der Waals surface area (Å²) in [6.45, 7) is 0. The summed E-state index contributed by atoms with van der Waals surface area (Å²) < 4.78 is 0. The zero-order valence-corrected chi connectivity index (χ0v) is 11.8. The van der Waals surface area contributed by atoms with Gasteiger partial charge in [-0.2, -0.15) is 0 Å². The van der Waals surface area contributed by atoms with Gasteiger partial charge in [-0.15, -0.1) is 0 Å². The smallest absolute Gasteiger partial charge is 0.327 e. The average Bonchev–Trinajstić information content (AvgIpc) is 2.71. The van der Waals surface area contributed by atoms with Crippen molar-refractivity contribution in [2.75, 3.05) is 0 Å². The van der Waals surface area contributed by atoms with Crippen molar-refractivity contribution in [2.24, 2.45) is 0 Å². The number of carboxylic acid groups (broad SMARTS) is 1. The molecule has 0 aliphatic carbocycles. The number of benzene rings is 1. The van der Waals surface area contributed by atoms with Gasteiger partial charge in [0, 0.05) is 19.3 Å². The number of aliphatic carboxylic acids is 1. The Kier molecular flexibility index (Phi) is 4.30. The SMILES string of the molecule is O=C(O)C(Cc1cccc(Cl)c1Cl)N1C(=O)CCC1=O. The molecule has 1 atom stereocenters. The zero-order valence-electron chi connectivity index (χ0n) is 10.3. The van der Waals surface area contributed by atoms with Gasteiger partial charge in [-0.3, -0.25) is 14.5 Å². The normalized spacial score (nSPS) is 16.6. The lowest BCUT2D eigenvalue weighted by Crippen LogP contribution is -2.45. The van der Waals surface area contributed by atoms with Crippen molar-refractivity contribution < 1.29 is 19.5 Å². The van der Waals surface area contributed by atoms with Gasteiger partial charge in [-0.1, -0.05) is 35.3 Å². The van der Waals surface area contributed by atoms with Crippen molar-refractivity contribution in [3.05, 3.63) is 33.8 Å². The maximum atomic E-state index is 11.7. The van der Waals surface area contributed by atoms with Crippen molar-refractivity contribution in [3.8, 4) is 0 Å². The molecule has 1 unspecified atom stereocenters. The summed E-state index contributed by atoms with van der Waals surface area (Å²) in [5.74, 6) is -2.19. The van der Waals surface area contributed by atoms with Crippen molar-refractivity contribution in [1.82, 2.24) is 4.90 Å². The molecule has 1 aliphatic rings. The Morgan fingerprint density at radius 1 is 1.25 bits per heavy atom. The van der Waals surface area contributed by atoms with E-state index in [4.69, 9.17) is 23.2 Å². The number of carbonyl (C=O) groups is 3. The minimum Gasteiger partial charge on any atom is -0.480 e. The molecule has 7 heteroatoms. The Hall–Kier alpha value is -1.59. The number of carboxylic acids is 1. The van der Waals surface area contributed by atoms with Crippen molar-refractivity contribution in [1.29, 1.82) is 0 Å². The van der Waals surface area contributed by atoms with E-state index in [0.717, 1.165) is 4.90 Å². The molecule has 0 radical (unpaired) electrons. The summed E-state index contributed by atoms with van der Waals surface area (Å²) in [6, 6.07) is 3.58. The third-order valence-corrected chi connectivity index (χ3v) is 3.99. The Balaban J connectivity index is 2.31. The first-order valence-electron chi connectivity index (χ1n) is 5.92. The predicted molar refractivity (Wildman–Crippen MR) is 72.7 cm³/mol. The molecular formula is C13H11Cl2NO4. The number of carbonyl (C=O) groups excluding carboxylic acids is 2. The molecule has 1 fully saturated rings. The molecule has 1 N–H and O–H groups in total. The van der Waals surface area contributed by atoms with Crippen LogP contribution in [-0.4, -0.2) is 33.8 Å². The molecule has 1 aromatic rings. The first-order valence-corrected chi connectivity index (χ1v) is 6.68. The summed E-state index contributed by atoms with van der Waals surface area (Å²) in [7, 11) is 0. The van der Waals surface area contributed by atoms with Gasteiger partial charge in [0.2, 0.25) is 11.8 Å². The maximum Gasteiger partial charge on any atom is 0.327 e. The first kappa shape index (κ1) is 14.8. The van der Waals surface area contributed by atoms with Gasteiger partial charge >= 0.3 is 5.97 Å². The summed E-state index contributed by atoms with van der Waals surface area (Å²) in [4.78, 5) is 35.5. The van der Waals surface area contributed by atoms with E-state index in [2.05, 4.69) is 0 Å². The van der Waals surface area contributed by atoms with Crippen LogP contribution < -0.4 is 0 Å². The van der Waals surface area contributed by atoms with Crippen LogP contribution in [0.5, 0.6) is 0 Å². The second kappa shape index (κ2) is 5.81. The standard InChI is InChI=1S/C13H11Cl2NO4/c14-8-3-1-2-7(12(8)15)6-9(13(19)20)16-10(17)4-5-11(16)18/h1-3,9H,4-6H2,(H,19,20). The van der Waals surface area contributed by atoms with Crippen molar-refractivity contribution in [3.63, 3.8) is 0 Å². The molecule has 1 saturated heterocycles. The highest BCUT2D eigenvalue weighted by atomic mass is 35.5. The summed E-state index contributed by atoms with van der Waals surface area (Å²) in [5, 5.41) is 9.80. The number of rotatable bonds is 4. The molecule has 2 amide bonds. The van der Waals surface area contributed by atoms with E-state index in [-0.39, 0.29) is 24.3 Å². The van der Waals surface area contributed by atoms with Crippen LogP contribution in [-0.2, 0) is 20.8 Å². The van der Waals surface area contributed by atoms with Gasteiger partial charge in [0.05, 0.1) is 10.0 Å². The van der Waals surface area contributed by atoms with Crippen LogP contribution in [0.4, 0.5) is 0 Å². The highest BCUT2D eigenvalue weighted by molar-refractivity contribution is 6.42. The number of amides is 2. The topological polar surface area (TPSA) is 74.7 Å². The number of nitrogens with zero attached hydrogens (tertiary/aromatic N) is 1. The Labute approximate surface area is 125 Å². The van der Waals surface area contributed by atoms with Crippen LogP contribution in [0.3, 0.4) is 0 Å². The Morgan fingerprint density at radius 3 is 2.40 bits per heavy atom. The molecule has 1 heterocycles. The second-order valence-corrected chi connectivity index (χ2v) is 5.21. The van der Waals surface area contributed by atoms with Crippen LogP contribution >= 0.6 is 23.2 Å². The van der Waals surface area contributed by atoms with Gasteiger partial charge in [0.25, 0.3) is 0 Å². The molecule has 106 valence electrons. The lowest BCUT2D eigenvalue weighted by molar-refractivity contribution is -0.154. The molecule has 5 nitrogen and oxygen atoms in total. The summed E-state index contributed by atoms with van der Waals surface area (Å²) in [5.41, 5.74) is 0.485. The van der Waals surface area contributed by atoms with E-state index in [0.29, 0.717) is 10.6 Å². The third-order valence-electron chi connectivity index (χ3n) is 3.13. The van der Waals surface area contributed by atoms with Gasteiger partial charge < -0.3 is 5.11 Å². The molecule has 1 aromatic carbocycles. The predicted octanol–water partition coefficient (Wildman–Crippen LogP) is 2.14. The lowest BCUT2D eigenvalue weighted by Gasteiger charge is -2.23. The molecular weight excluding hydrogens is 305 g/mol. The average molecular weight is 316 g/mol. The minimum absolute atomic E-state index is 0.0475. The van der Waals surface area contributed by atoms with Gasteiger partial charge in [0.1, 0.15) is 6.04 Å². The van der Waals surface area contributed by atoms with Crippen LogP contribution in [0.1, 0.15) is 18.4 Å². The van der Waals surface area contributed by atoms with Crippen LogP contribution in [0, 0.1) is 0 Å². The van der Waals surface area contributed by atoms with Crippen LogP contribution in [0.25, 0.3) is 0 Å². The van der Waals surface area contributed by atoms with E-state index in [9.17, 15) is 19.5 Å². The number of halogens is 2. The molecule has 2 rings (SSSR count). The minimum atomic E-state index is -1.26. The van der Waals surface area contributed by atoms with Gasteiger partial charge in [-0.05, 0) is 11.6 Å². The monoisotopic (exact) mass is 315 g/mol. The van der Waals surface area contributed by atoms with E-state index in [1.165, 1.54) is 0 Å². The van der Waals surface area contributed by atoms with E-state index in [1.807, 2.05) is 0 Å².